The predicted octanol–water partition coefficient (Wildman–Crippen LogP) is 3.77. The van der Waals surface area contributed by atoms with Gasteiger partial charge in [-0.3, -0.25) is 4.79 Å². The molecule has 0 aliphatic rings. The zero-order chi connectivity index (χ0) is 20.9. The molecule has 1 unspecified atom stereocenters. The Morgan fingerprint density at radius 3 is 2.31 bits per heavy atom. The summed E-state index contributed by atoms with van der Waals surface area (Å²) in [7, 11) is 0. The number of nitriles is 1. The van der Waals surface area contributed by atoms with Crippen molar-refractivity contribution < 1.29 is 15.0 Å². The van der Waals surface area contributed by atoms with Gasteiger partial charge in [-0.15, -0.1) is 0 Å². The molecule has 3 N–H and O–H groups in total. The SMILES string of the molecule is N#Cc1ccc(NC(=O)C(O)(Cc2ccccc2CO)c2ccccc2)cc1Cl. The lowest BCUT2D eigenvalue weighted by molar-refractivity contribution is -0.135. The normalized spacial score (nSPS) is 12.6. The molecule has 3 aromatic rings. The number of carbonyl (C=O) groups excluding carboxylic acids is 1. The number of carbonyl (C=O) groups is 1. The van der Waals surface area contributed by atoms with E-state index in [0.717, 1.165) is 0 Å². The second kappa shape index (κ2) is 8.89. The standard InChI is InChI=1S/C23H19ClN2O3/c24-21-12-20(11-10-17(21)14-25)26-22(28)23(29,19-8-2-1-3-9-19)13-16-6-4-5-7-18(16)15-27/h1-12,27,29H,13,15H2,(H,26,28). The molecule has 0 aliphatic heterocycles. The summed E-state index contributed by atoms with van der Waals surface area (Å²) in [6, 6.07) is 22.2. The van der Waals surface area contributed by atoms with Gasteiger partial charge in [-0.25, -0.2) is 0 Å². The van der Waals surface area contributed by atoms with Crippen molar-refractivity contribution in [3.05, 3.63) is 100 Å². The van der Waals surface area contributed by atoms with Gasteiger partial charge in [0.15, 0.2) is 5.60 Å². The first-order valence-corrected chi connectivity index (χ1v) is 9.32. The zero-order valence-electron chi connectivity index (χ0n) is 15.5. The monoisotopic (exact) mass is 406 g/mol. The average Bonchev–Trinajstić information content (AvgIpc) is 2.74. The number of rotatable bonds is 6. The van der Waals surface area contributed by atoms with Crippen LogP contribution in [-0.2, 0) is 23.4 Å². The molecular weight excluding hydrogens is 388 g/mol. The fourth-order valence-electron chi connectivity index (χ4n) is 3.11. The first-order valence-electron chi connectivity index (χ1n) is 8.94. The van der Waals surface area contributed by atoms with Gasteiger partial charge < -0.3 is 15.5 Å². The van der Waals surface area contributed by atoms with E-state index in [9.17, 15) is 15.0 Å². The van der Waals surface area contributed by atoms with E-state index in [1.807, 2.05) is 6.07 Å². The van der Waals surface area contributed by atoms with Crippen molar-refractivity contribution in [3.63, 3.8) is 0 Å². The number of aliphatic hydroxyl groups is 2. The van der Waals surface area contributed by atoms with E-state index >= 15 is 0 Å². The smallest absolute Gasteiger partial charge is 0.261 e. The van der Waals surface area contributed by atoms with E-state index in [0.29, 0.717) is 27.9 Å². The zero-order valence-corrected chi connectivity index (χ0v) is 16.2. The van der Waals surface area contributed by atoms with Crippen LogP contribution in [0.2, 0.25) is 5.02 Å². The molecule has 1 atom stereocenters. The van der Waals surface area contributed by atoms with Crippen molar-refractivity contribution in [2.75, 3.05) is 5.32 Å². The number of aliphatic hydroxyl groups excluding tert-OH is 1. The highest BCUT2D eigenvalue weighted by atomic mass is 35.5. The van der Waals surface area contributed by atoms with Crippen molar-refractivity contribution in [3.8, 4) is 6.07 Å². The molecule has 3 rings (SSSR count). The molecule has 0 bridgehead atoms. The number of hydrogen-bond acceptors (Lipinski definition) is 4. The number of anilines is 1. The Kier molecular flexibility index (Phi) is 6.30. The second-order valence-electron chi connectivity index (χ2n) is 6.59. The Labute approximate surface area is 173 Å². The third-order valence-electron chi connectivity index (χ3n) is 4.71. The number of halogens is 1. The van der Waals surface area contributed by atoms with Gasteiger partial charge in [-0.1, -0.05) is 66.2 Å². The van der Waals surface area contributed by atoms with Gasteiger partial charge in [0.2, 0.25) is 0 Å². The van der Waals surface area contributed by atoms with Crippen molar-refractivity contribution in [2.24, 2.45) is 0 Å². The molecule has 0 radical (unpaired) electrons. The third kappa shape index (κ3) is 4.47. The number of benzene rings is 3. The van der Waals surface area contributed by atoms with Gasteiger partial charge in [0.1, 0.15) is 6.07 Å². The summed E-state index contributed by atoms with van der Waals surface area (Å²) in [5, 5.41) is 33.0. The lowest BCUT2D eigenvalue weighted by atomic mass is 9.85. The lowest BCUT2D eigenvalue weighted by Gasteiger charge is -2.28. The summed E-state index contributed by atoms with van der Waals surface area (Å²) in [6.07, 6.45) is -0.0242. The molecule has 6 heteroatoms. The highest BCUT2D eigenvalue weighted by Crippen LogP contribution is 2.30. The van der Waals surface area contributed by atoms with Crippen molar-refractivity contribution in [1.29, 1.82) is 5.26 Å². The van der Waals surface area contributed by atoms with E-state index in [4.69, 9.17) is 16.9 Å². The Balaban J connectivity index is 1.98. The largest absolute Gasteiger partial charge is 0.392 e. The summed E-state index contributed by atoms with van der Waals surface area (Å²) in [5.41, 5.74) is 0.492. The van der Waals surface area contributed by atoms with Crippen molar-refractivity contribution in [2.45, 2.75) is 18.6 Å². The van der Waals surface area contributed by atoms with Crippen LogP contribution in [0.3, 0.4) is 0 Å². The summed E-state index contributed by atoms with van der Waals surface area (Å²) < 4.78 is 0. The fourth-order valence-corrected chi connectivity index (χ4v) is 3.33. The van der Waals surface area contributed by atoms with Gasteiger partial charge >= 0.3 is 0 Å². The van der Waals surface area contributed by atoms with Crippen LogP contribution in [0, 0.1) is 11.3 Å². The Bertz CT molecular complexity index is 1060. The minimum Gasteiger partial charge on any atom is -0.392 e. The minimum absolute atomic E-state index is 0.0242. The third-order valence-corrected chi connectivity index (χ3v) is 5.02. The van der Waals surface area contributed by atoms with Crippen LogP contribution in [0.4, 0.5) is 5.69 Å². The Hall–Kier alpha value is -3.17. The number of nitrogens with one attached hydrogen (secondary N) is 1. The van der Waals surface area contributed by atoms with Crippen LogP contribution >= 0.6 is 11.6 Å². The molecule has 29 heavy (non-hydrogen) atoms. The molecule has 146 valence electrons. The van der Waals surface area contributed by atoms with Crippen LogP contribution in [0.5, 0.6) is 0 Å². The fraction of sp³-hybridized carbons (Fsp3) is 0.130. The van der Waals surface area contributed by atoms with E-state index in [1.54, 1.807) is 60.7 Å². The van der Waals surface area contributed by atoms with E-state index in [2.05, 4.69) is 5.32 Å². The summed E-state index contributed by atoms with van der Waals surface area (Å²) in [5.74, 6) is -0.641. The van der Waals surface area contributed by atoms with Gasteiger partial charge in [0.05, 0.1) is 17.2 Å². The Morgan fingerprint density at radius 1 is 1.03 bits per heavy atom. The summed E-state index contributed by atoms with van der Waals surface area (Å²) >= 11 is 6.05. The molecular formula is C23H19ClN2O3. The summed E-state index contributed by atoms with van der Waals surface area (Å²) in [4.78, 5) is 13.2. The molecule has 0 fully saturated rings. The highest BCUT2D eigenvalue weighted by molar-refractivity contribution is 6.32. The van der Waals surface area contributed by atoms with Crippen LogP contribution < -0.4 is 5.32 Å². The van der Waals surface area contributed by atoms with E-state index < -0.39 is 11.5 Å². The molecule has 0 aliphatic carbocycles. The molecule has 1 amide bonds. The van der Waals surface area contributed by atoms with Crippen LogP contribution in [-0.4, -0.2) is 16.1 Å². The molecule has 0 heterocycles. The second-order valence-corrected chi connectivity index (χ2v) is 7.00. The first kappa shape index (κ1) is 20.6. The molecule has 5 nitrogen and oxygen atoms in total. The van der Waals surface area contributed by atoms with Crippen LogP contribution in [0.15, 0.2) is 72.8 Å². The quantitative estimate of drug-likeness (QED) is 0.580. The highest BCUT2D eigenvalue weighted by Gasteiger charge is 2.38. The van der Waals surface area contributed by atoms with Crippen LogP contribution in [0.25, 0.3) is 0 Å². The van der Waals surface area contributed by atoms with E-state index in [-0.39, 0.29) is 18.1 Å². The number of hydrogen-bond donors (Lipinski definition) is 3. The van der Waals surface area contributed by atoms with Gasteiger partial charge in [0, 0.05) is 12.1 Å². The van der Waals surface area contributed by atoms with Crippen molar-refractivity contribution >= 4 is 23.2 Å². The van der Waals surface area contributed by atoms with Gasteiger partial charge in [-0.05, 0) is 34.9 Å². The average molecular weight is 407 g/mol. The minimum atomic E-state index is -1.88. The van der Waals surface area contributed by atoms with Gasteiger partial charge in [0.25, 0.3) is 5.91 Å². The lowest BCUT2D eigenvalue weighted by Crippen LogP contribution is -2.42. The molecule has 0 saturated carbocycles. The summed E-state index contributed by atoms with van der Waals surface area (Å²) in [6.45, 7) is -0.201. The topological polar surface area (TPSA) is 93.4 Å². The molecule has 0 spiro atoms. The van der Waals surface area contributed by atoms with Crippen LogP contribution in [0.1, 0.15) is 22.3 Å². The number of nitrogens with zero attached hydrogens (tertiary/aromatic N) is 1. The molecule has 0 saturated heterocycles. The number of amides is 1. The molecule has 3 aromatic carbocycles. The predicted molar refractivity (Wildman–Crippen MR) is 111 cm³/mol. The maximum atomic E-state index is 13.2. The molecule has 0 aromatic heterocycles. The van der Waals surface area contributed by atoms with Crippen molar-refractivity contribution in [1.82, 2.24) is 0 Å². The van der Waals surface area contributed by atoms with Gasteiger partial charge in [-0.2, -0.15) is 5.26 Å². The van der Waals surface area contributed by atoms with E-state index in [1.165, 1.54) is 12.1 Å². The Morgan fingerprint density at radius 2 is 1.69 bits per heavy atom. The maximum absolute atomic E-state index is 13.2. The first-order chi connectivity index (χ1) is 14.0. The maximum Gasteiger partial charge on any atom is 0.261 e.